The predicted octanol–water partition coefficient (Wildman–Crippen LogP) is 1.29. The highest BCUT2D eigenvalue weighted by molar-refractivity contribution is 7.89. The Morgan fingerprint density at radius 3 is 2.83 bits per heavy atom. The molecule has 0 saturated carbocycles. The van der Waals surface area contributed by atoms with Gasteiger partial charge in [0.2, 0.25) is 11.7 Å². The third kappa shape index (κ3) is 3.07. The van der Waals surface area contributed by atoms with Gasteiger partial charge in [0.05, 0.1) is 7.11 Å². The topological polar surface area (TPSA) is 82.3 Å². The molecule has 96 valence electrons. The summed E-state index contributed by atoms with van der Waals surface area (Å²) in [4.78, 5) is 4.03. The van der Waals surface area contributed by atoms with Crippen LogP contribution < -0.4 is 4.74 Å². The van der Waals surface area contributed by atoms with E-state index in [0.717, 1.165) is 6.26 Å². The van der Waals surface area contributed by atoms with Crippen LogP contribution in [0.3, 0.4) is 0 Å². The number of rotatable bonds is 4. The Morgan fingerprint density at radius 2 is 2.17 bits per heavy atom. The molecule has 0 saturated heterocycles. The van der Waals surface area contributed by atoms with Crippen LogP contribution in [-0.4, -0.2) is 31.9 Å². The number of nitrogens with zero attached hydrogens (tertiary/aromatic N) is 2. The van der Waals surface area contributed by atoms with Crippen molar-refractivity contribution in [3.63, 3.8) is 0 Å². The first-order valence-corrected chi connectivity index (χ1v) is 7.19. The molecule has 2 aromatic rings. The van der Waals surface area contributed by atoms with Gasteiger partial charge in [-0.3, -0.25) is 0 Å². The van der Waals surface area contributed by atoms with Gasteiger partial charge in [-0.05, 0) is 12.1 Å². The second kappa shape index (κ2) is 4.77. The van der Waals surface area contributed by atoms with E-state index in [1.54, 1.807) is 31.4 Å². The predicted molar refractivity (Wildman–Crippen MR) is 64.8 cm³/mol. The standard InChI is InChI=1S/C11H12N2O4S/c1-16-9-5-3-4-8(6-9)11-12-10(17-13-11)7-18(2,14)15/h3-6H,7H2,1-2H3. The highest BCUT2D eigenvalue weighted by atomic mass is 32.2. The number of hydrogen-bond acceptors (Lipinski definition) is 6. The van der Waals surface area contributed by atoms with Crippen molar-refractivity contribution in [2.75, 3.05) is 13.4 Å². The zero-order chi connectivity index (χ0) is 13.2. The van der Waals surface area contributed by atoms with Gasteiger partial charge in [0.25, 0.3) is 0 Å². The van der Waals surface area contributed by atoms with Gasteiger partial charge in [0, 0.05) is 11.8 Å². The molecule has 6 nitrogen and oxygen atoms in total. The van der Waals surface area contributed by atoms with Crippen molar-refractivity contribution < 1.29 is 17.7 Å². The van der Waals surface area contributed by atoms with Crippen LogP contribution in [0.2, 0.25) is 0 Å². The zero-order valence-corrected chi connectivity index (χ0v) is 10.8. The SMILES string of the molecule is COc1cccc(-c2noc(CS(C)(=O)=O)n2)c1. The van der Waals surface area contributed by atoms with Crippen molar-refractivity contribution in [1.82, 2.24) is 10.1 Å². The van der Waals surface area contributed by atoms with Crippen molar-refractivity contribution >= 4 is 9.84 Å². The van der Waals surface area contributed by atoms with Crippen molar-refractivity contribution in [2.24, 2.45) is 0 Å². The average Bonchev–Trinajstić information content (AvgIpc) is 2.75. The van der Waals surface area contributed by atoms with Crippen molar-refractivity contribution in [3.05, 3.63) is 30.2 Å². The molecule has 1 heterocycles. The van der Waals surface area contributed by atoms with Crippen LogP contribution in [0.15, 0.2) is 28.8 Å². The van der Waals surface area contributed by atoms with Gasteiger partial charge in [0.15, 0.2) is 9.84 Å². The van der Waals surface area contributed by atoms with E-state index in [2.05, 4.69) is 10.1 Å². The summed E-state index contributed by atoms with van der Waals surface area (Å²) in [6.07, 6.45) is 1.11. The van der Waals surface area contributed by atoms with Crippen LogP contribution in [0.1, 0.15) is 5.89 Å². The Labute approximate surface area is 105 Å². The fourth-order valence-corrected chi connectivity index (χ4v) is 1.98. The fraction of sp³-hybridized carbons (Fsp3) is 0.273. The summed E-state index contributed by atoms with van der Waals surface area (Å²) in [5, 5.41) is 3.74. The quantitative estimate of drug-likeness (QED) is 0.831. The second-order valence-corrected chi connectivity index (χ2v) is 5.95. The van der Waals surface area contributed by atoms with Crippen molar-refractivity contribution in [3.8, 4) is 17.1 Å². The number of ether oxygens (including phenoxy) is 1. The molecule has 1 aromatic heterocycles. The first-order chi connectivity index (χ1) is 8.48. The average molecular weight is 268 g/mol. The maximum Gasteiger partial charge on any atom is 0.242 e. The lowest BCUT2D eigenvalue weighted by Gasteiger charge is -1.99. The van der Waals surface area contributed by atoms with Gasteiger partial charge in [0.1, 0.15) is 11.5 Å². The molecule has 0 radical (unpaired) electrons. The number of hydrogen-bond donors (Lipinski definition) is 0. The van der Waals surface area contributed by atoms with Crippen molar-refractivity contribution in [1.29, 1.82) is 0 Å². The summed E-state index contributed by atoms with van der Waals surface area (Å²) in [5.74, 6) is 0.828. The van der Waals surface area contributed by atoms with Gasteiger partial charge in [-0.25, -0.2) is 8.42 Å². The van der Waals surface area contributed by atoms with E-state index < -0.39 is 9.84 Å². The Hall–Kier alpha value is -1.89. The van der Waals surface area contributed by atoms with Gasteiger partial charge >= 0.3 is 0 Å². The van der Waals surface area contributed by atoms with Gasteiger partial charge in [-0.15, -0.1) is 0 Å². The van der Waals surface area contributed by atoms with E-state index in [9.17, 15) is 8.42 Å². The highest BCUT2D eigenvalue weighted by Crippen LogP contribution is 2.21. The highest BCUT2D eigenvalue weighted by Gasteiger charge is 2.13. The van der Waals surface area contributed by atoms with Crippen molar-refractivity contribution in [2.45, 2.75) is 5.75 Å². The zero-order valence-electron chi connectivity index (χ0n) is 9.95. The number of sulfone groups is 1. The van der Waals surface area contributed by atoms with Crippen LogP contribution in [-0.2, 0) is 15.6 Å². The molecule has 1 aromatic carbocycles. The molecule has 0 amide bonds. The minimum atomic E-state index is -3.18. The summed E-state index contributed by atoms with van der Waals surface area (Å²) in [6.45, 7) is 0. The second-order valence-electron chi connectivity index (χ2n) is 3.81. The molecular weight excluding hydrogens is 256 g/mol. The lowest BCUT2D eigenvalue weighted by atomic mass is 10.2. The van der Waals surface area contributed by atoms with Crippen LogP contribution in [0.4, 0.5) is 0 Å². The van der Waals surface area contributed by atoms with Crippen LogP contribution in [0.25, 0.3) is 11.4 Å². The summed E-state index contributed by atoms with van der Waals surface area (Å²) in [6, 6.07) is 7.12. The summed E-state index contributed by atoms with van der Waals surface area (Å²) in [5.41, 5.74) is 0.706. The van der Waals surface area contributed by atoms with E-state index in [-0.39, 0.29) is 11.6 Å². The summed E-state index contributed by atoms with van der Waals surface area (Å²) < 4.78 is 32.2. The Bertz CT molecular complexity index is 649. The third-order valence-corrected chi connectivity index (χ3v) is 2.95. The van der Waals surface area contributed by atoms with E-state index in [0.29, 0.717) is 17.1 Å². The Morgan fingerprint density at radius 1 is 1.39 bits per heavy atom. The maximum atomic E-state index is 11.1. The van der Waals surface area contributed by atoms with Gasteiger partial charge in [-0.2, -0.15) is 4.98 Å². The monoisotopic (exact) mass is 268 g/mol. The molecule has 0 unspecified atom stereocenters. The first kappa shape index (κ1) is 12.6. The Balaban J connectivity index is 2.29. The number of aromatic nitrogens is 2. The lowest BCUT2D eigenvalue weighted by Crippen LogP contribution is -2.00. The number of methoxy groups -OCH3 is 1. The summed E-state index contributed by atoms with van der Waals surface area (Å²) >= 11 is 0. The lowest BCUT2D eigenvalue weighted by molar-refractivity contribution is 0.389. The molecule has 0 aliphatic rings. The number of benzene rings is 1. The molecule has 0 aliphatic carbocycles. The molecule has 7 heteroatoms. The molecule has 0 aliphatic heterocycles. The van der Waals surface area contributed by atoms with Crippen LogP contribution >= 0.6 is 0 Å². The Kier molecular flexibility index (Phi) is 3.33. The molecule has 18 heavy (non-hydrogen) atoms. The van der Waals surface area contributed by atoms with Gasteiger partial charge in [-0.1, -0.05) is 17.3 Å². The van der Waals surface area contributed by atoms with E-state index in [1.165, 1.54) is 0 Å². The van der Waals surface area contributed by atoms with E-state index in [4.69, 9.17) is 9.26 Å². The van der Waals surface area contributed by atoms with E-state index in [1.807, 2.05) is 0 Å². The van der Waals surface area contributed by atoms with Crippen LogP contribution in [0.5, 0.6) is 5.75 Å². The van der Waals surface area contributed by atoms with Crippen LogP contribution in [0, 0.1) is 0 Å². The normalized spacial score (nSPS) is 11.4. The molecule has 0 spiro atoms. The summed E-state index contributed by atoms with van der Waals surface area (Å²) in [7, 11) is -1.62. The first-order valence-electron chi connectivity index (χ1n) is 5.13. The van der Waals surface area contributed by atoms with Gasteiger partial charge < -0.3 is 9.26 Å². The maximum absolute atomic E-state index is 11.1. The third-order valence-electron chi connectivity index (χ3n) is 2.18. The molecule has 0 atom stereocenters. The molecule has 2 rings (SSSR count). The molecule has 0 fully saturated rings. The fourth-order valence-electron chi connectivity index (χ4n) is 1.42. The molecular formula is C11H12N2O4S. The molecule has 0 bridgehead atoms. The smallest absolute Gasteiger partial charge is 0.242 e. The minimum Gasteiger partial charge on any atom is -0.497 e. The van der Waals surface area contributed by atoms with E-state index >= 15 is 0 Å². The largest absolute Gasteiger partial charge is 0.497 e. The molecule has 0 N–H and O–H groups in total. The minimum absolute atomic E-state index is 0.0790.